The number of carboxylic acid groups (broad SMARTS) is 1. The van der Waals surface area contributed by atoms with Crippen LogP contribution in [0.1, 0.15) is 26.2 Å². The lowest BCUT2D eigenvalue weighted by Crippen LogP contribution is -2.11. The normalized spacial score (nSPS) is 12.9. The molecule has 0 atom stereocenters. The van der Waals surface area contributed by atoms with E-state index in [2.05, 4.69) is 0 Å². The molecule has 0 spiro atoms. The van der Waals surface area contributed by atoms with Crippen LogP contribution in [0, 0.1) is 0 Å². The Morgan fingerprint density at radius 2 is 2.00 bits per heavy atom. The number of rotatable bonds is 5. The third-order valence-corrected chi connectivity index (χ3v) is 2.27. The van der Waals surface area contributed by atoms with Crippen LogP contribution < -0.4 is 0 Å². The standard InChI is InChI=1S/C7H12O5S/c1-2-3-4-5-6(7(8)9)13(10,11)12/h5H,2-4H2,1H3,(H,8,9)(H,10,11,12). The van der Waals surface area contributed by atoms with Gasteiger partial charge in [0.15, 0.2) is 4.91 Å². The third-order valence-electron chi connectivity index (χ3n) is 1.38. The van der Waals surface area contributed by atoms with Crippen molar-refractivity contribution in [3.05, 3.63) is 11.0 Å². The van der Waals surface area contributed by atoms with Crippen LogP contribution in [0.4, 0.5) is 0 Å². The molecule has 0 fully saturated rings. The van der Waals surface area contributed by atoms with E-state index in [4.69, 9.17) is 9.66 Å². The van der Waals surface area contributed by atoms with Crippen molar-refractivity contribution < 1.29 is 22.9 Å². The molecular weight excluding hydrogens is 196 g/mol. The lowest BCUT2D eigenvalue weighted by molar-refractivity contribution is -0.131. The molecule has 0 aromatic carbocycles. The Hall–Kier alpha value is -0.880. The summed E-state index contributed by atoms with van der Waals surface area (Å²) in [6.45, 7) is 1.89. The first-order valence-electron chi connectivity index (χ1n) is 3.80. The minimum atomic E-state index is -4.58. The summed E-state index contributed by atoms with van der Waals surface area (Å²) in [7, 11) is -4.58. The van der Waals surface area contributed by atoms with Gasteiger partial charge < -0.3 is 5.11 Å². The van der Waals surface area contributed by atoms with Crippen molar-refractivity contribution in [2.45, 2.75) is 26.2 Å². The summed E-state index contributed by atoms with van der Waals surface area (Å²) in [4.78, 5) is 9.39. The Bertz CT molecular complexity index is 301. The Morgan fingerprint density at radius 1 is 1.46 bits per heavy atom. The molecule has 0 aromatic rings. The topological polar surface area (TPSA) is 91.7 Å². The highest BCUT2D eigenvalue weighted by Gasteiger charge is 2.20. The molecule has 2 N–H and O–H groups in total. The van der Waals surface area contributed by atoms with E-state index in [0.29, 0.717) is 12.8 Å². The van der Waals surface area contributed by atoms with E-state index in [1.807, 2.05) is 6.92 Å². The van der Waals surface area contributed by atoms with Crippen LogP contribution in [0.2, 0.25) is 0 Å². The molecular formula is C7H12O5S. The molecule has 0 rings (SSSR count). The van der Waals surface area contributed by atoms with Gasteiger partial charge in [0.2, 0.25) is 0 Å². The zero-order chi connectivity index (χ0) is 10.5. The van der Waals surface area contributed by atoms with Gasteiger partial charge in [-0.2, -0.15) is 8.42 Å². The van der Waals surface area contributed by atoms with Crippen LogP contribution in [-0.4, -0.2) is 24.0 Å². The minimum absolute atomic E-state index is 0.331. The molecule has 0 saturated carbocycles. The summed E-state index contributed by atoms with van der Waals surface area (Å²) in [5.41, 5.74) is 0. The minimum Gasteiger partial charge on any atom is -0.477 e. The van der Waals surface area contributed by atoms with Gasteiger partial charge in [0.1, 0.15) is 0 Å². The number of unbranched alkanes of at least 4 members (excludes halogenated alkanes) is 2. The molecule has 0 saturated heterocycles. The van der Waals surface area contributed by atoms with Gasteiger partial charge in [0, 0.05) is 0 Å². The van der Waals surface area contributed by atoms with E-state index in [-0.39, 0.29) is 0 Å². The Kier molecular flexibility index (Phi) is 4.64. The van der Waals surface area contributed by atoms with E-state index in [1.54, 1.807) is 0 Å². The van der Waals surface area contributed by atoms with Crippen molar-refractivity contribution >= 4 is 16.1 Å². The number of carboxylic acids is 1. The van der Waals surface area contributed by atoms with Gasteiger partial charge in [-0.1, -0.05) is 25.8 Å². The van der Waals surface area contributed by atoms with Gasteiger partial charge in [-0.25, -0.2) is 4.79 Å². The van der Waals surface area contributed by atoms with Crippen molar-refractivity contribution in [1.82, 2.24) is 0 Å². The molecule has 6 heteroatoms. The van der Waals surface area contributed by atoms with E-state index < -0.39 is 21.0 Å². The molecule has 0 amide bonds. The molecule has 0 radical (unpaired) electrons. The zero-order valence-electron chi connectivity index (χ0n) is 7.23. The molecule has 13 heavy (non-hydrogen) atoms. The van der Waals surface area contributed by atoms with Crippen molar-refractivity contribution in [2.75, 3.05) is 0 Å². The summed E-state index contributed by atoms with van der Waals surface area (Å²) in [6, 6.07) is 0. The van der Waals surface area contributed by atoms with Crippen LogP contribution >= 0.6 is 0 Å². The van der Waals surface area contributed by atoms with Gasteiger partial charge in [-0.3, -0.25) is 4.55 Å². The Balaban J connectivity index is 4.64. The first-order chi connectivity index (χ1) is 5.89. The second kappa shape index (κ2) is 4.98. The summed E-state index contributed by atoms with van der Waals surface area (Å²) < 4.78 is 29.4. The fraction of sp³-hybridized carbons (Fsp3) is 0.571. The smallest absolute Gasteiger partial charge is 0.349 e. The summed E-state index contributed by atoms with van der Waals surface area (Å²) in [6.07, 6.45) is 2.86. The maximum absolute atomic E-state index is 10.5. The first-order valence-corrected chi connectivity index (χ1v) is 5.24. The van der Waals surface area contributed by atoms with Crippen LogP contribution in [0.15, 0.2) is 11.0 Å². The van der Waals surface area contributed by atoms with E-state index >= 15 is 0 Å². The highest BCUT2D eigenvalue weighted by molar-refractivity contribution is 7.90. The molecule has 0 heterocycles. The highest BCUT2D eigenvalue weighted by Crippen LogP contribution is 2.07. The zero-order valence-corrected chi connectivity index (χ0v) is 8.04. The molecule has 0 aromatic heterocycles. The second-order valence-electron chi connectivity index (χ2n) is 2.49. The quantitative estimate of drug-likeness (QED) is 0.400. The van der Waals surface area contributed by atoms with Crippen molar-refractivity contribution in [3.8, 4) is 0 Å². The fourth-order valence-electron chi connectivity index (χ4n) is 0.740. The Labute approximate surface area is 76.8 Å². The number of hydrogen-bond acceptors (Lipinski definition) is 3. The predicted molar refractivity (Wildman–Crippen MR) is 46.8 cm³/mol. The molecule has 0 unspecified atom stereocenters. The van der Waals surface area contributed by atoms with Gasteiger partial charge in [0.05, 0.1) is 0 Å². The molecule has 0 aliphatic rings. The van der Waals surface area contributed by atoms with Crippen LogP contribution in [-0.2, 0) is 14.9 Å². The van der Waals surface area contributed by atoms with Crippen molar-refractivity contribution in [2.24, 2.45) is 0 Å². The molecule has 5 nitrogen and oxygen atoms in total. The fourth-order valence-corrected chi connectivity index (χ4v) is 1.29. The molecule has 76 valence electrons. The number of carbonyl (C=O) groups is 1. The van der Waals surface area contributed by atoms with Crippen LogP contribution in [0.25, 0.3) is 0 Å². The predicted octanol–water partition coefficient (Wildman–Crippen LogP) is 1.03. The van der Waals surface area contributed by atoms with Gasteiger partial charge in [-0.05, 0) is 6.42 Å². The second-order valence-corrected chi connectivity index (χ2v) is 3.88. The number of aliphatic carboxylic acids is 1. The van der Waals surface area contributed by atoms with Crippen LogP contribution in [0.3, 0.4) is 0 Å². The van der Waals surface area contributed by atoms with Gasteiger partial charge >= 0.3 is 16.1 Å². The van der Waals surface area contributed by atoms with Crippen LogP contribution in [0.5, 0.6) is 0 Å². The van der Waals surface area contributed by atoms with Crippen molar-refractivity contribution in [3.63, 3.8) is 0 Å². The average Bonchev–Trinajstić information content (AvgIpc) is 1.94. The Morgan fingerprint density at radius 3 is 2.31 bits per heavy atom. The SMILES string of the molecule is CCCCC=C(C(=O)O)S(=O)(=O)O. The highest BCUT2D eigenvalue weighted by atomic mass is 32.2. The largest absolute Gasteiger partial charge is 0.477 e. The van der Waals surface area contributed by atoms with Gasteiger partial charge in [0.25, 0.3) is 0 Å². The summed E-state index contributed by atoms with van der Waals surface area (Å²) in [5, 5.41) is 8.40. The number of hydrogen-bond donors (Lipinski definition) is 2. The third kappa shape index (κ3) is 4.64. The average molecular weight is 208 g/mol. The lowest BCUT2D eigenvalue weighted by atomic mass is 10.2. The maximum Gasteiger partial charge on any atom is 0.349 e. The lowest BCUT2D eigenvalue weighted by Gasteiger charge is -1.97. The molecule has 0 aliphatic heterocycles. The molecule has 0 bridgehead atoms. The maximum atomic E-state index is 10.5. The first kappa shape index (κ1) is 12.1. The summed E-state index contributed by atoms with van der Waals surface area (Å²) >= 11 is 0. The van der Waals surface area contributed by atoms with E-state index in [9.17, 15) is 13.2 Å². The van der Waals surface area contributed by atoms with E-state index in [1.165, 1.54) is 0 Å². The van der Waals surface area contributed by atoms with Crippen molar-refractivity contribution in [1.29, 1.82) is 0 Å². The van der Waals surface area contributed by atoms with E-state index in [0.717, 1.165) is 12.5 Å². The summed E-state index contributed by atoms with van der Waals surface area (Å²) in [5.74, 6) is -1.63. The van der Waals surface area contributed by atoms with Gasteiger partial charge in [-0.15, -0.1) is 0 Å². The number of allylic oxidation sites excluding steroid dienone is 1. The molecule has 0 aliphatic carbocycles. The monoisotopic (exact) mass is 208 g/mol.